The van der Waals surface area contributed by atoms with E-state index >= 15 is 0 Å². The van der Waals surface area contributed by atoms with Gasteiger partial charge >= 0.3 is 0 Å². The smallest absolute Gasteiger partial charge is 0.209 e. The van der Waals surface area contributed by atoms with Gasteiger partial charge in [0.1, 0.15) is 17.6 Å². The second-order valence-electron chi connectivity index (χ2n) is 4.78. The number of hydrogen-bond acceptors (Lipinski definition) is 6. The van der Waals surface area contributed by atoms with E-state index in [9.17, 15) is 8.42 Å². The molecule has 2 atom stereocenters. The summed E-state index contributed by atoms with van der Waals surface area (Å²) in [5, 5.41) is 9.15. The van der Waals surface area contributed by atoms with Gasteiger partial charge in [0, 0.05) is 11.8 Å². The van der Waals surface area contributed by atoms with Crippen molar-refractivity contribution in [2.24, 2.45) is 0 Å². The molecule has 1 fully saturated rings. The van der Waals surface area contributed by atoms with Crippen molar-refractivity contribution in [2.75, 3.05) is 32.3 Å². The van der Waals surface area contributed by atoms with E-state index in [4.69, 9.17) is 19.3 Å². The summed E-state index contributed by atoms with van der Waals surface area (Å²) in [6.07, 6.45) is 0.593. The van der Waals surface area contributed by atoms with Gasteiger partial charge in [0.25, 0.3) is 0 Å². The maximum Gasteiger partial charge on any atom is 0.209 e. The van der Waals surface area contributed by atoms with Crippen molar-refractivity contribution < 1.29 is 27.7 Å². The van der Waals surface area contributed by atoms with Crippen LogP contribution < -0.4 is 4.74 Å². The van der Waals surface area contributed by atoms with Gasteiger partial charge in [0.15, 0.2) is 9.84 Å². The summed E-state index contributed by atoms with van der Waals surface area (Å²) in [6.45, 7) is -0.0697. The standard InChI is InChI=1S/C13H18O6S/c1-17-11-5-3-10(4-6-11)13(9-20(2,15)16)18-8-12(7-14)19-13/h3-6,12,14H,7-9H2,1-2H3/t12-,13+/m0/s1. The van der Waals surface area contributed by atoms with Crippen LogP contribution in [0.2, 0.25) is 0 Å². The molecule has 0 saturated carbocycles. The fraction of sp³-hybridized carbons (Fsp3) is 0.538. The minimum Gasteiger partial charge on any atom is -0.497 e. The van der Waals surface area contributed by atoms with Crippen molar-refractivity contribution in [3.05, 3.63) is 29.8 Å². The van der Waals surface area contributed by atoms with Crippen molar-refractivity contribution >= 4 is 9.84 Å². The van der Waals surface area contributed by atoms with Gasteiger partial charge in [-0.05, 0) is 24.3 Å². The Labute approximate surface area is 118 Å². The van der Waals surface area contributed by atoms with E-state index in [1.165, 1.54) is 0 Å². The first-order valence-corrected chi connectivity index (χ1v) is 8.19. The van der Waals surface area contributed by atoms with Crippen LogP contribution in [-0.4, -0.2) is 52.0 Å². The molecule has 0 unspecified atom stereocenters. The molecule has 1 aromatic carbocycles. The second kappa shape index (κ2) is 5.69. The average Bonchev–Trinajstić information content (AvgIpc) is 2.81. The maximum absolute atomic E-state index is 11.6. The summed E-state index contributed by atoms with van der Waals surface area (Å²) >= 11 is 0. The zero-order valence-electron chi connectivity index (χ0n) is 11.4. The van der Waals surface area contributed by atoms with Crippen LogP contribution in [0.3, 0.4) is 0 Å². The van der Waals surface area contributed by atoms with Crippen molar-refractivity contribution in [3.63, 3.8) is 0 Å². The molecule has 112 valence electrons. The average molecular weight is 302 g/mol. The van der Waals surface area contributed by atoms with E-state index in [-0.39, 0.29) is 19.0 Å². The molecule has 0 amide bonds. The van der Waals surface area contributed by atoms with Gasteiger partial charge in [-0.15, -0.1) is 0 Å². The number of rotatable bonds is 5. The second-order valence-corrected chi connectivity index (χ2v) is 6.93. The molecule has 1 aromatic rings. The van der Waals surface area contributed by atoms with Crippen LogP contribution in [0, 0.1) is 0 Å². The fourth-order valence-corrected chi connectivity index (χ4v) is 3.16. The van der Waals surface area contributed by atoms with Crippen LogP contribution in [0.4, 0.5) is 0 Å². The van der Waals surface area contributed by atoms with E-state index in [1.807, 2.05) is 0 Å². The third-order valence-electron chi connectivity index (χ3n) is 3.05. The summed E-state index contributed by atoms with van der Waals surface area (Å²) < 4.78 is 39.6. The molecule has 20 heavy (non-hydrogen) atoms. The Kier molecular flexibility index (Phi) is 4.33. The lowest BCUT2D eigenvalue weighted by atomic mass is 10.1. The SMILES string of the molecule is COc1ccc([C@]2(CS(C)(=O)=O)OC[C@H](CO)O2)cc1. The molecule has 0 spiro atoms. The number of ether oxygens (including phenoxy) is 3. The highest BCUT2D eigenvalue weighted by Gasteiger charge is 2.45. The Bertz CT molecular complexity index is 553. The van der Waals surface area contributed by atoms with Gasteiger partial charge in [0.2, 0.25) is 5.79 Å². The molecule has 1 heterocycles. The molecule has 7 heteroatoms. The first kappa shape index (κ1) is 15.2. The lowest BCUT2D eigenvalue weighted by Crippen LogP contribution is -2.36. The highest BCUT2D eigenvalue weighted by molar-refractivity contribution is 7.90. The van der Waals surface area contributed by atoms with Crippen LogP contribution in [0.5, 0.6) is 5.75 Å². The van der Waals surface area contributed by atoms with E-state index in [2.05, 4.69) is 0 Å². The topological polar surface area (TPSA) is 82.1 Å². The molecule has 1 N–H and O–H groups in total. The Morgan fingerprint density at radius 3 is 2.50 bits per heavy atom. The van der Waals surface area contributed by atoms with Crippen LogP contribution >= 0.6 is 0 Å². The first-order chi connectivity index (χ1) is 9.38. The molecule has 1 aliphatic rings. The highest BCUT2D eigenvalue weighted by Crippen LogP contribution is 2.36. The predicted octanol–water partition coefficient (Wildman–Crippen LogP) is 0.300. The Morgan fingerprint density at radius 2 is 2.05 bits per heavy atom. The summed E-state index contributed by atoms with van der Waals surface area (Å²) in [7, 11) is -1.78. The number of hydrogen-bond donors (Lipinski definition) is 1. The molecule has 0 radical (unpaired) electrons. The molecule has 1 aliphatic heterocycles. The third kappa shape index (κ3) is 3.29. The van der Waals surface area contributed by atoms with E-state index in [0.717, 1.165) is 6.26 Å². The number of aliphatic hydroxyl groups is 1. The zero-order chi connectivity index (χ0) is 14.8. The van der Waals surface area contributed by atoms with E-state index in [0.29, 0.717) is 11.3 Å². The Morgan fingerprint density at radius 1 is 1.40 bits per heavy atom. The van der Waals surface area contributed by atoms with Crippen LogP contribution in [0.25, 0.3) is 0 Å². The molecule has 2 rings (SSSR count). The minimum atomic E-state index is -3.32. The molecule has 0 aliphatic carbocycles. The van der Waals surface area contributed by atoms with E-state index in [1.54, 1.807) is 31.4 Å². The normalized spacial score (nSPS) is 26.6. The molecule has 0 aromatic heterocycles. The Balaban J connectivity index is 2.35. The lowest BCUT2D eigenvalue weighted by molar-refractivity contribution is -0.162. The highest BCUT2D eigenvalue weighted by atomic mass is 32.2. The van der Waals surface area contributed by atoms with Crippen LogP contribution in [-0.2, 0) is 25.1 Å². The van der Waals surface area contributed by atoms with Crippen molar-refractivity contribution in [3.8, 4) is 5.75 Å². The molecule has 6 nitrogen and oxygen atoms in total. The molecular formula is C13H18O6S. The maximum atomic E-state index is 11.6. The quantitative estimate of drug-likeness (QED) is 0.842. The van der Waals surface area contributed by atoms with Gasteiger partial charge in [0.05, 0.1) is 20.3 Å². The minimum absolute atomic E-state index is 0.151. The van der Waals surface area contributed by atoms with Crippen molar-refractivity contribution in [2.45, 2.75) is 11.9 Å². The molecular weight excluding hydrogens is 284 g/mol. The van der Waals surface area contributed by atoms with Crippen LogP contribution in [0.1, 0.15) is 5.56 Å². The van der Waals surface area contributed by atoms with Crippen molar-refractivity contribution in [1.29, 1.82) is 0 Å². The van der Waals surface area contributed by atoms with Gasteiger partial charge < -0.3 is 19.3 Å². The molecule has 1 saturated heterocycles. The number of benzene rings is 1. The van der Waals surface area contributed by atoms with Gasteiger partial charge in [-0.1, -0.05) is 0 Å². The monoisotopic (exact) mass is 302 g/mol. The fourth-order valence-electron chi connectivity index (χ4n) is 2.16. The third-order valence-corrected chi connectivity index (χ3v) is 3.95. The van der Waals surface area contributed by atoms with Crippen molar-refractivity contribution in [1.82, 2.24) is 0 Å². The van der Waals surface area contributed by atoms with Crippen LogP contribution in [0.15, 0.2) is 24.3 Å². The van der Waals surface area contributed by atoms with Gasteiger partial charge in [-0.3, -0.25) is 0 Å². The summed E-state index contributed by atoms with van der Waals surface area (Å²) in [6, 6.07) is 6.81. The predicted molar refractivity (Wildman–Crippen MR) is 72.3 cm³/mol. The summed E-state index contributed by atoms with van der Waals surface area (Å²) in [5.41, 5.74) is 0.583. The molecule has 0 bridgehead atoms. The lowest BCUT2D eigenvalue weighted by Gasteiger charge is -2.27. The largest absolute Gasteiger partial charge is 0.497 e. The number of sulfone groups is 1. The summed E-state index contributed by atoms with van der Waals surface area (Å²) in [4.78, 5) is 0. The first-order valence-electron chi connectivity index (χ1n) is 6.13. The zero-order valence-corrected chi connectivity index (χ0v) is 12.2. The van der Waals surface area contributed by atoms with Gasteiger partial charge in [-0.25, -0.2) is 8.42 Å². The van der Waals surface area contributed by atoms with E-state index < -0.39 is 21.7 Å². The Hall–Kier alpha value is -1.15. The number of methoxy groups -OCH3 is 1. The number of aliphatic hydroxyl groups excluding tert-OH is 1. The van der Waals surface area contributed by atoms with Gasteiger partial charge in [-0.2, -0.15) is 0 Å². The summed E-state index contributed by atoms with van der Waals surface area (Å²) in [5.74, 6) is -1.02.